The lowest BCUT2D eigenvalue weighted by Crippen LogP contribution is -2.17. The molecule has 2 N–H and O–H groups in total. The SMILES string of the molecule is Cc1cc(C(=O)N/N=C/C=C/c2ccccc2Cl)n[nH]1. The Hall–Kier alpha value is -2.40. The summed E-state index contributed by atoms with van der Waals surface area (Å²) < 4.78 is 0. The van der Waals surface area contributed by atoms with Crippen LogP contribution in [0.5, 0.6) is 0 Å². The number of halogens is 1. The number of H-pyrrole nitrogens is 1. The van der Waals surface area contributed by atoms with E-state index in [1.807, 2.05) is 25.1 Å². The number of aromatic amines is 1. The topological polar surface area (TPSA) is 70.1 Å². The normalized spacial score (nSPS) is 11.3. The van der Waals surface area contributed by atoms with Gasteiger partial charge in [-0.1, -0.05) is 35.9 Å². The molecule has 1 aromatic heterocycles. The van der Waals surface area contributed by atoms with E-state index in [4.69, 9.17) is 11.6 Å². The van der Waals surface area contributed by atoms with Gasteiger partial charge in [-0.3, -0.25) is 9.89 Å². The Kier molecular flexibility index (Phi) is 4.68. The number of nitrogens with one attached hydrogen (secondary N) is 2. The van der Waals surface area contributed by atoms with Crippen LogP contribution >= 0.6 is 11.6 Å². The van der Waals surface area contributed by atoms with E-state index in [9.17, 15) is 4.79 Å². The largest absolute Gasteiger partial charge is 0.291 e. The Morgan fingerprint density at radius 2 is 2.25 bits per heavy atom. The van der Waals surface area contributed by atoms with Gasteiger partial charge in [0.05, 0.1) is 0 Å². The van der Waals surface area contributed by atoms with Gasteiger partial charge in [0, 0.05) is 16.9 Å². The molecule has 0 saturated heterocycles. The second-order valence-corrected chi connectivity index (χ2v) is 4.44. The van der Waals surface area contributed by atoms with Crippen LogP contribution in [0.1, 0.15) is 21.7 Å². The molecule has 0 unspecified atom stereocenters. The number of nitrogens with zero attached hydrogens (tertiary/aromatic N) is 2. The summed E-state index contributed by atoms with van der Waals surface area (Å²) in [6.07, 6.45) is 4.97. The van der Waals surface area contributed by atoms with Crippen molar-refractivity contribution in [3.05, 3.63) is 58.4 Å². The number of aryl methyl sites for hydroxylation is 1. The molecule has 0 radical (unpaired) electrons. The van der Waals surface area contributed by atoms with E-state index in [2.05, 4.69) is 20.7 Å². The Morgan fingerprint density at radius 1 is 1.45 bits per heavy atom. The summed E-state index contributed by atoms with van der Waals surface area (Å²) in [5.41, 5.74) is 4.38. The maximum atomic E-state index is 11.6. The molecule has 0 aliphatic heterocycles. The van der Waals surface area contributed by atoms with Gasteiger partial charge in [-0.25, -0.2) is 5.43 Å². The zero-order valence-corrected chi connectivity index (χ0v) is 11.6. The van der Waals surface area contributed by atoms with Crippen LogP contribution in [0.25, 0.3) is 6.08 Å². The first-order valence-corrected chi connectivity index (χ1v) is 6.31. The zero-order chi connectivity index (χ0) is 14.4. The predicted molar refractivity (Wildman–Crippen MR) is 79.8 cm³/mol. The highest BCUT2D eigenvalue weighted by Gasteiger charge is 2.06. The van der Waals surface area contributed by atoms with Gasteiger partial charge in [-0.15, -0.1) is 0 Å². The average Bonchev–Trinajstić information content (AvgIpc) is 2.87. The van der Waals surface area contributed by atoms with Gasteiger partial charge in [0.25, 0.3) is 5.91 Å². The van der Waals surface area contributed by atoms with Gasteiger partial charge >= 0.3 is 0 Å². The summed E-state index contributed by atoms with van der Waals surface area (Å²) in [6, 6.07) is 9.09. The number of rotatable bonds is 4. The van der Waals surface area contributed by atoms with Crippen LogP contribution in [-0.4, -0.2) is 22.3 Å². The fourth-order valence-corrected chi connectivity index (χ4v) is 1.69. The molecule has 0 spiro atoms. The van der Waals surface area contributed by atoms with Crippen molar-refractivity contribution in [2.24, 2.45) is 5.10 Å². The third-order valence-electron chi connectivity index (χ3n) is 2.45. The van der Waals surface area contributed by atoms with E-state index in [0.717, 1.165) is 11.3 Å². The molecule has 0 aliphatic rings. The van der Waals surface area contributed by atoms with Crippen LogP contribution in [0.15, 0.2) is 41.5 Å². The number of benzene rings is 1. The molecule has 1 aromatic carbocycles. The molecule has 20 heavy (non-hydrogen) atoms. The molecule has 5 nitrogen and oxygen atoms in total. The minimum absolute atomic E-state index is 0.301. The fraction of sp³-hybridized carbons (Fsp3) is 0.0714. The Labute approximate surface area is 121 Å². The van der Waals surface area contributed by atoms with Gasteiger partial charge in [0.1, 0.15) is 0 Å². The molecule has 6 heteroatoms. The zero-order valence-electron chi connectivity index (χ0n) is 10.8. The lowest BCUT2D eigenvalue weighted by Gasteiger charge is -1.95. The van der Waals surface area contributed by atoms with Crippen LogP contribution in [0.4, 0.5) is 0 Å². The first-order valence-electron chi connectivity index (χ1n) is 5.93. The average molecular weight is 289 g/mol. The number of carbonyl (C=O) groups is 1. The number of hydrogen-bond donors (Lipinski definition) is 2. The van der Waals surface area contributed by atoms with E-state index in [1.165, 1.54) is 6.21 Å². The fourth-order valence-electron chi connectivity index (χ4n) is 1.49. The molecule has 0 bridgehead atoms. The van der Waals surface area contributed by atoms with Gasteiger partial charge in [0.15, 0.2) is 5.69 Å². The Bertz CT molecular complexity index is 661. The van der Waals surface area contributed by atoms with E-state index in [1.54, 1.807) is 24.3 Å². The van der Waals surface area contributed by atoms with Crippen LogP contribution < -0.4 is 5.43 Å². The lowest BCUT2D eigenvalue weighted by molar-refractivity contribution is 0.0950. The molecule has 0 aliphatic carbocycles. The summed E-state index contributed by atoms with van der Waals surface area (Å²) in [6.45, 7) is 1.82. The van der Waals surface area contributed by atoms with Gasteiger partial charge in [0.2, 0.25) is 0 Å². The smallest absolute Gasteiger partial charge is 0.282 e. The van der Waals surface area contributed by atoms with E-state index in [-0.39, 0.29) is 5.91 Å². The van der Waals surface area contributed by atoms with Gasteiger partial charge in [-0.05, 0) is 30.7 Å². The van der Waals surface area contributed by atoms with Crippen LogP contribution in [0.3, 0.4) is 0 Å². The summed E-state index contributed by atoms with van der Waals surface area (Å²) in [5, 5.41) is 11.0. The first-order chi connectivity index (χ1) is 9.66. The maximum absolute atomic E-state index is 11.6. The monoisotopic (exact) mass is 288 g/mol. The minimum atomic E-state index is -0.364. The molecule has 102 valence electrons. The van der Waals surface area contributed by atoms with Gasteiger partial charge < -0.3 is 0 Å². The van der Waals surface area contributed by atoms with Crippen LogP contribution in [0, 0.1) is 6.92 Å². The molecular weight excluding hydrogens is 276 g/mol. The predicted octanol–water partition coefficient (Wildman–Crippen LogP) is 2.80. The van der Waals surface area contributed by atoms with Crippen molar-refractivity contribution < 1.29 is 4.79 Å². The van der Waals surface area contributed by atoms with E-state index < -0.39 is 0 Å². The second-order valence-electron chi connectivity index (χ2n) is 4.04. The number of carbonyl (C=O) groups excluding carboxylic acids is 1. The Morgan fingerprint density at radius 3 is 2.95 bits per heavy atom. The molecule has 2 aromatic rings. The quantitative estimate of drug-likeness (QED) is 0.671. The highest BCUT2D eigenvalue weighted by molar-refractivity contribution is 6.32. The molecule has 0 atom stereocenters. The highest BCUT2D eigenvalue weighted by atomic mass is 35.5. The number of hydrazone groups is 1. The maximum Gasteiger partial charge on any atom is 0.291 e. The third-order valence-corrected chi connectivity index (χ3v) is 2.79. The molecule has 0 saturated carbocycles. The lowest BCUT2D eigenvalue weighted by atomic mass is 10.2. The summed E-state index contributed by atoms with van der Waals surface area (Å²) >= 11 is 5.99. The standard InChI is InChI=1S/C14H13ClN4O/c1-10-9-13(18-17-10)14(20)19-16-8-4-6-11-5-2-3-7-12(11)15/h2-9H,1H3,(H,17,18)(H,19,20)/b6-4+,16-8+. The third kappa shape index (κ3) is 3.80. The van der Waals surface area contributed by atoms with Crippen molar-refractivity contribution in [1.82, 2.24) is 15.6 Å². The van der Waals surface area contributed by atoms with Crippen LogP contribution in [-0.2, 0) is 0 Å². The molecular formula is C14H13ClN4O. The van der Waals surface area contributed by atoms with Crippen molar-refractivity contribution in [2.45, 2.75) is 6.92 Å². The molecule has 2 rings (SSSR count). The van der Waals surface area contributed by atoms with E-state index in [0.29, 0.717) is 10.7 Å². The minimum Gasteiger partial charge on any atom is -0.282 e. The van der Waals surface area contributed by atoms with Crippen molar-refractivity contribution in [3.8, 4) is 0 Å². The number of aromatic nitrogens is 2. The summed E-state index contributed by atoms with van der Waals surface area (Å²) in [4.78, 5) is 11.6. The summed E-state index contributed by atoms with van der Waals surface area (Å²) in [5.74, 6) is -0.364. The van der Waals surface area contributed by atoms with Gasteiger partial charge in [-0.2, -0.15) is 10.2 Å². The van der Waals surface area contributed by atoms with Crippen molar-refractivity contribution in [1.29, 1.82) is 0 Å². The van der Waals surface area contributed by atoms with Crippen molar-refractivity contribution in [3.63, 3.8) is 0 Å². The van der Waals surface area contributed by atoms with Crippen LogP contribution in [0.2, 0.25) is 5.02 Å². The highest BCUT2D eigenvalue weighted by Crippen LogP contribution is 2.15. The first kappa shape index (κ1) is 14.0. The number of amides is 1. The molecule has 1 heterocycles. The van der Waals surface area contributed by atoms with Crippen molar-refractivity contribution >= 4 is 29.8 Å². The van der Waals surface area contributed by atoms with Crippen molar-refractivity contribution in [2.75, 3.05) is 0 Å². The molecule has 0 fully saturated rings. The summed E-state index contributed by atoms with van der Waals surface area (Å²) in [7, 11) is 0. The second kappa shape index (κ2) is 6.68. The molecule has 1 amide bonds. The number of allylic oxidation sites excluding steroid dienone is 1. The Balaban J connectivity index is 1.88. The number of hydrogen-bond acceptors (Lipinski definition) is 3. The van der Waals surface area contributed by atoms with E-state index >= 15 is 0 Å².